The van der Waals surface area contributed by atoms with E-state index in [-0.39, 0.29) is 6.10 Å². The van der Waals surface area contributed by atoms with Crippen molar-refractivity contribution in [2.45, 2.75) is 32.8 Å². The molecule has 0 aromatic rings. The predicted molar refractivity (Wildman–Crippen MR) is 59.5 cm³/mol. The van der Waals surface area contributed by atoms with Crippen molar-refractivity contribution in [3.05, 3.63) is 0 Å². The van der Waals surface area contributed by atoms with E-state index < -0.39 is 0 Å². The molecule has 0 radical (unpaired) electrons. The molecule has 1 saturated heterocycles. The van der Waals surface area contributed by atoms with E-state index in [0.717, 1.165) is 26.1 Å². The maximum atomic E-state index is 9.52. The zero-order chi connectivity index (χ0) is 10.4. The van der Waals surface area contributed by atoms with E-state index >= 15 is 0 Å². The minimum absolute atomic E-state index is 0.132. The van der Waals surface area contributed by atoms with Gasteiger partial charge in [-0.1, -0.05) is 13.8 Å². The number of piperazine rings is 1. The quantitative estimate of drug-likeness (QED) is 0.710. The summed E-state index contributed by atoms with van der Waals surface area (Å²) in [6, 6.07) is 0. The number of hydrogen-bond donors (Lipinski definition) is 1. The molecule has 1 fully saturated rings. The fourth-order valence-corrected chi connectivity index (χ4v) is 1.94. The van der Waals surface area contributed by atoms with E-state index in [9.17, 15) is 5.11 Å². The highest BCUT2D eigenvalue weighted by molar-refractivity contribution is 4.73. The van der Waals surface area contributed by atoms with E-state index in [1.807, 2.05) is 6.92 Å². The van der Waals surface area contributed by atoms with Gasteiger partial charge in [0.15, 0.2) is 0 Å². The maximum Gasteiger partial charge on any atom is 0.0664 e. The Balaban J connectivity index is 2.15. The molecule has 1 atom stereocenters. The summed E-state index contributed by atoms with van der Waals surface area (Å²) in [6.45, 7) is 10.9. The molecule has 14 heavy (non-hydrogen) atoms. The van der Waals surface area contributed by atoms with Crippen molar-refractivity contribution in [1.82, 2.24) is 9.80 Å². The van der Waals surface area contributed by atoms with Crippen LogP contribution in [0, 0.1) is 0 Å². The molecule has 1 N–H and O–H groups in total. The van der Waals surface area contributed by atoms with Crippen LogP contribution >= 0.6 is 0 Å². The summed E-state index contributed by atoms with van der Waals surface area (Å²) in [6.07, 6.45) is 1.99. The Morgan fingerprint density at radius 3 is 2.14 bits per heavy atom. The van der Waals surface area contributed by atoms with Crippen LogP contribution in [0.3, 0.4) is 0 Å². The first kappa shape index (κ1) is 12.0. The molecule has 0 saturated carbocycles. The first-order valence-electron chi connectivity index (χ1n) is 5.89. The predicted octanol–water partition coefficient (Wildman–Crippen LogP) is 0.785. The van der Waals surface area contributed by atoms with Gasteiger partial charge in [-0.3, -0.25) is 4.90 Å². The van der Waals surface area contributed by atoms with Crippen LogP contribution < -0.4 is 0 Å². The molecule has 0 amide bonds. The fourth-order valence-electron chi connectivity index (χ4n) is 1.94. The van der Waals surface area contributed by atoms with E-state index in [2.05, 4.69) is 16.7 Å². The van der Waals surface area contributed by atoms with E-state index in [1.54, 1.807) is 0 Å². The van der Waals surface area contributed by atoms with Gasteiger partial charge in [-0.05, 0) is 19.4 Å². The highest BCUT2D eigenvalue weighted by Gasteiger charge is 2.17. The molecular formula is C11H24N2O. The topological polar surface area (TPSA) is 26.7 Å². The lowest BCUT2D eigenvalue weighted by Crippen LogP contribution is -2.48. The lowest BCUT2D eigenvalue weighted by Gasteiger charge is -2.35. The molecule has 1 heterocycles. The molecule has 1 aliphatic heterocycles. The van der Waals surface area contributed by atoms with Crippen molar-refractivity contribution in [1.29, 1.82) is 0 Å². The smallest absolute Gasteiger partial charge is 0.0664 e. The monoisotopic (exact) mass is 200 g/mol. The van der Waals surface area contributed by atoms with Crippen molar-refractivity contribution >= 4 is 0 Å². The first-order valence-corrected chi connectivity index (χ1v) is 5.89. The number of β-amino-alcohol motifs (C(OH)–C–C–N with tert-alkyl or cyclic N) is 1. The van der Waals surface area contributed by atoms with Gasteiger partial charge in [-0.15, -0.1) is 0 Å². The highest BCUT2D eigenvalue weighted by atomic mass is 16.3. The third-order valence-corrected chi connectivity index (χ3v) is 2.94. The zero-order valence-corrected chi connectivity index (χ0v) is 9.58. The normalized spacial score (nSPS) is 22.5. The summed E-state index contributed by atoms with van der Waals surface area (Å²) < 4.78 is 0. The Morgan fingerprint density at radius 2 is 1.64 bits per heavy atom. The molecule has 0 aliphatic carbocycles. The van der Waals surface area contributed by atoms with Crippen LogP contribution in [0.4, 0.5) is 0 Å². The van der Waals surface area contributed by atoms with Crippen LogP contribution in [-0.2, 0) is 0 Å². The molecule has 0 bridgehead atoms. The number of rotatable bonds is 5. The lowest BCUT2D eigenvalue weighted by atomic mass is 10.2. The summed E-state index contributed by atoms with van der Waals surface area (Å²) in [5, 5.41) is 9.52. The molecule has 3 heteroatoms. The third-order valence-electron chi connectivity index (χ3n) is 2.94. The zero-order valence-electron chi connectivity index (χ0n) is 9.58. The molecule has 1 unspecified atom stereocenters. The van der Waals surface area contributed by atoms with Crippen LogP contribution in [0.1, 0.15) is 26.7 Å². The second-order valence-electron chi connectivity index (χ2n) is 4.20. The Hall–Kier alpha value is -0.120. The van der Waals surface area contributed by atoms with Gasteiger partial charge in [0, 0.05) is 32.7 Å². The third kappa shape index (κ3) is 3.95. The van der Waals surface area contributed by atoms with Gasteiger partial charge in [0.25, 0.3) is 0 Å². The van der Waals surface area contributed by atoms with Gasteiger partial charge in [-0.2, -0.15) is 0 Å². The Labute approximate surface area is 87.7 Å². The Morgan fingerprint density at radius 1 is 1.07 bits per heavy atom. The maximum absolute atomic E-state index is 9.52. The second kappa shape index (κ2) is 6.38. The van der Waals surface area contributed by atoms with Gasteiger partial charge in [0.2, 0.25) is 0 Å². The van der Waals surface area contributed by atoms with Crippen molar-refractivity contribution in [2.75, 3.05) is 39.3 Å². The number of hydrogen-bond acceptors (Lipinski definition) is 3. The molecule has 0 aromatic carbocycles. The number of nitrogens with zero attached hydrogens (tertiary/aromatic N) is 2. The Bertz CT molecular complexity index is 144. The average Bonchev–Trinajstić information content (AvgIpc) is 2.21. The largest absolute Gasteiger partial charge is 0.392 e. The van der Waals surface area contributed by atoms with Crippen LogP contribution in [0.5, 0.6) is 0 Å². The van der Waals surface area contributed by atoms with E-state index in [0.29, 0.717) is 0 Å². The molecule has 1 rings (SSSR count). The van der Waals surface area contributed by atoms with E-state index in [1.165, 1.54) is 26.1 Å². The van der Waals surface area contributed by atoms with Crippen LogP contribution in [0.15, 0.2) is 0 Å². The first-order chi connectivity index (χ1) is 6.76. The van der Waals surface area contributed by atoms with Gasteiger partial charge in [-0.25, -0.2) is 0 Å². The highest BCUT2D eigenvalue weighted by Crippen LogP contribution is 2.04. The fraction of sp³-hybridized carbons (Fsp3) is 1.00. The molecule has 0 aromatic heterocycles. The van der Waals surface area contributed by atoms with Gasteiger partial charge in [0.05, 0.1) is 6.10 Å². The SMILES string of the molecule is CCCN1CCN(CC(O)CC)CC1. The number of aliphatic hydroxyl groups excluding tert-OH is 1. The molecule has 0 spiro atoms. The summed E-state index contributed by atoms with van der Waals surface area (Å²) in [5.41, 5.74) is 0. The summed E-state index contributed by atoms with van der Waals surface area (Å²) in [7, 11) is 0. The van der Waals surface area contributed by atoms with Crippen molar-refractivity contribution in [3.63, 3.8) is 0 Å². The Kier molecular flexibility index (Phi) is 5.45. The van der Waals surface area contributed by atoms with Crippen molar-refractivity contribution in [3.8, 4) is 0 Å². The van der Waals surface area contributed by atoms with Gasteiger partial charge in [0.1, 0.15) is 0 Å². The van der Waals surface area contributed by atoms with Crippen molar-refractivity contribution in [2.24, 2.45) is 0 Å². The van der Waals surface area contributed by atoms with Gasteiger partial charge < -0.3 is 10.0 Å². The summed E-state index contributed by atoms with van der Waals surface area (Å²) in [5.74, 6) is 0. The minimum atomic E-state index is -0.132. The average molecular weight is 200 g/mol. The standard InChI is InChI=1S/C11H24N2O/c1-3-5-12-6-8-13(9-7-12)10-11(14)4-2/h11,14H,3-10H2,1-2H3. The lowest BCUT2D eigenvalue weighted by molar-refractivity contribution is 0.0711. The van der Waals surface area contributed by atoms with E-state index in [4.69, 9.17) is 0 Å². The van der Waals surface area contributed by atoms with Crippen LogP contribution in [0.25, 0.3) is 0 Å². The summed E-state index contributed by atoms with van der Waals surface area (Å²) in [4.78, 5) is 4.88. The minimum Gasteiger partial charge on any atom is -0.392 e. The molecule has 1 aliphatic rings. The molecular weight excluding hydrogens is 176 g/mol. The second-order valence-corrected chi connectivity index (χ2v) is 4.20. The van der Waals surface area contributed by atoms with Crippen molar-refractivity contribution < 1.29 is 5.11 Å². The number of aliphatic hydroxyl groups is 1. The molecule has 84 valence electrons. The van der Waals surface area contributed by atoms with Gasteiger partial charge >= 0.3 is 0 Å². The summed E-state index contributed by atoms with van der Waals surface area (Å²) >= 11 is 0. The van der Waals surface area contributed by atoms with Crippen LogP contribution in [0.2, 0.25) is 0 Å². The molecule has 3 nitrogen and oxygen atoms in total. The van der Waals surface area contributed by atoms with Crippen LogP contribution in [-0.4, -0.2) is 60.3 Å².